The number of rotatable bonds is 4. The van der Waals surface area contributed by atoms with Crippen molar-refractivity contribution < 1.29 is 4.79 Å². The number of halogens is 1. The van der Waals surface area contributed by atoms with E-state index in [1.165, 1.54) is 0 Å². The zero-order valence-corrected chi connectivity index (χ0v) is 12.0. The average Bonchev–Trinajstić information content (AvgIpc) is 2.48. The van der Waals surface area contributed by atoms with E-state index >= 15 is 0 Å². The first kappa shape index (κ1) is 14.3. The number of aromatic nitrogens is 1. The fraction of sp³-hybridized carbons (Fsp3) is 0.200. The number of anilines is 1. The van der Waals surface area contributed by atoms with Crippen molar-refractivity contribution in [1.82, 2.24) is 9.88 Å². The molecule has 0 saturated carbocycles. The number of carbonyl (C=O) groups is 1. The Morgan fingerprint density at radius 2 is 2.00 bits per heavy atom. The monoisotopic (exact) mass is 289 g/mol. The highest BCUT2D eigenvalue weighted by molar-refractivity contribution is 6.33. The number of nitrogen functional groups attached to an aromatic ring is 1. The van der Waals surface area contributed by atoms with Crippen LogP contribution >= 0.6 is 11.6 Å². The number of amides is 1. The lowest BCUT2D eigenvalue weighted by atomic mass is 10.1. The van der Waals surface area contributed by atoms with E-state index in [4.69, 9.17) is 17.3 Å². The van der Waals surface area contributed by atoms with Crippen molar-refractivity contribution in [3.63, 3.8) is 0 Å². The van der Waals surface area contributed by atoms with Crippen LogP contribution in [0.2, 0.25) is 5.02 Å². The van der Waals surface area contributed by atoms with Gasteiger partial charge in [-0.3, -0.25) is 9.78 Å². The molecule has 2 rings (SSSR count). The molecule has 0 aliphatic carbocycles. The predicted octanol–water partition coefficient (Wildman–Crippen LogP) is 2.98. The van der Waals surface area contributed by atoms with Crippen LogP contribution in [0.3, 0.4) is 0 Å². The molecule has 0 atom stereocenters. The van der Waals surface area contributed by atoms with Crippen molar-refractivity contribution >= 4 is 23.2 Å². The largest absolute Gasteiger partial charge is 0.398 e. The van der Waals surface area contributed by atoms with Gasteiger partial charge in [-0.1, -0.05) is 11.6 Å². The number of nitrogens with two attached hydrogens (primary N) is 1. The van der Waals surface area contributed by atoms with Crippen molar-refractivity contribution in [3.05, 3.63) is 58.9 Å². The summed E-state index contributed by atoms with van der Waals surface area (Å²) in [6, 6.07) is 8.74. The lowest BCUT2D eigenvalue weighted by Crippen LogP contribution is -2.30. The van der Waals surface area contributed by atoms with Crippen LogP contribution in [-0.4, -0.2) is 22.3 Å². The molecule has 0 aliphatic rings. The molecule has 2 aromatic rings. The Hall–Kier alpha value is -2.07. The molecule has 5 heteroatoms. The van der Waals surface area contributed by atoms with Gasteiger partial charge in [-0.15, -0.1) is 0 Å². The minimum absolute atomic E-state index is 0.0637. The first-order valence-corrected chi connectivity index (χ1v) is 6.72. The second-order valence-corrected chi connectivity index (χ2v) is 4.82. The Kier molecular flexibility index (Phi) is 4.58. The number of carbonyl (C=O) groups excluding carboxylic acids is 1. The zero-order chi connectivity index (χ0) is 14.5. The Morgan fingerprint density at radius 1 is 1.30 bits per heavy atom. The van der Waals surface area contributed by atoms with Gasteiger partial charge in [-0.25, -0.2) is 0 Å². The van der Waals surface area contributed by atoms with E-state index in [2.05, 4.69) is 4.98 Å². The van der Waals surface area contributed by atoms with Crippen molar-refractivity contribution in [3.8, 4) is 0 Å². The summed E-state index contributed by atoms with van der Waals surface area (Å²) >= 11 is 5.96. The number of benzene rings is 1. The van der Waals surface area contributed by atoms with Crippen LogP contribution in [0, 0.1) is 0 Å². The van der Waals surface area contributed by atoms with Gasteiger partial charge in [0.1, 0.15) is 0 Å². The second-order valence-electron chi connectivity index (χ2n) is 4.41. The van der Waals surface area contributed by atoms with E-state index in [-0.39, 0.29) is 5.91 Å². The van der Waals surface area contributed by atoms with Gasteiger partial charge in [-0.2, -0.15) is 0 Å². The molecular formula is C15H16ClN3O. The van der Waals surface area contributed by atoms with E-state index in [9.17, 15) is 4.79 Å². The SMILES string of the molecule is CCN(Cc1ccncc1)C(=O)c1ccc(N)c(Cl)c1. The van der Waals surface area contributed by atoms with Crippen LogP contribution < -0.4 is 5.73 Å². The van der Waals surface area contributed by atoms with E-state index < -0.39 is 0 Å². The first-order chi connectivity index (χ1) is 9.61. The maximum Gasteiger partial charge on any atom is 0.254 e. The molecule has 0 saturated heterocycles. The van der Waals surface area contributed by atoms with E-state index in [0.29, 0.717) is 29.4 Å². The molecule has 0 aliphatic heterocycles. The molecule has 0 spiro atoms. The third-order valence-electron chi connectivity index (χ3n) is 3.04. The standard InChI is InChI=1S/C15H16ClN3O/c1-2-19(10-11-5-7-18-8-6-11)15(20)12-3-4-14(17)13(16)9-12/h3-9H,2,10,17H2,1H3. The van der Waals surface area contributed by atoms with Crippen LogP contribution in [0.1, 0.15) is 22.8 Å². The minimum Gasteiger partial charge on any atom is -0.398 e. The molecule has 1 aromatic heterocycles. The van der Waals surface area contributed by atoms with Crippen LogP contribution in [0.4, 0.5) is 5.69 Å². The maximum atomic E-state index is 12.5. The Bertz CT molecular complexity index is 601. The summed E-state index contributed by atoms with van der Waals surface area (Å²) in [7, 11) is 0. The predicted molar refractivity (Wildman–Crippen MR) is 80.5 cm³/mol. The average molecular weight is 290 g/mol. The van der Waals surface area contributed by atoms with E-state index in [1.54, 1.807) is 35.5 Å². The summed E-state index contributed by atoms with van der Waals surface area (Å²) in [5.74, 6) is -0.0637. The number of nitrogens with zero attached hydrogens (tertiary/aromatic N) is 2. The van der Waals surface area contributed by atoms with Crippen molar-refractivity contribution in [2.75, 3.05) is 12.3 Å². The summed E-state index contributed by atoms with van der Waals surface area (Å²) in [6.07, 6.45) is 3.43. The fourth-order valence-electron chi connectivity index (χ4n) is 1.88. The quantitative estimate of drug-likeness (QED) is 0.880. The number of hydrogen-bond donors (Lipinski definition) is 1. The van der Waals surface area contributed by atoms with E-state index in [1.807, 2.05) is 19.1 Å². The lowest BCUT2D eigenvalue weighted by Gasteiger charge is -2.21. The van der Waals surface area contributed by atoms with E-state index in [0.717, 1.165) is 5.56 Å². The molecule has 0 unspecified atom stereocenters. The highest BCUT2D eigenvalue weighted by Crippen LogP contribution is 2.21. The molecule has 1 heterocycles. The van der Waals surface area contributed by atoms with Gasteiger partial charge in [0.05, 0.1) is 10.7 Å². The molecule has 0 fully saturated rings. The Labute approximate surface area is 123 Å². The molecule has 1 amide bonds. The van der Waals surface area contributed by atoms with Crippen LogP contribution in [0.25, 0.3) is 0 Å². The topological polar surface area (TPSA) is 59.2 Å². The molecule has 20 heavy (non-hydrogen) atoms. The lowest BCUT2D eigenvalue weighted by molar-refractivity contribution is 0.0752. The summed E-state index contributed by atoms with van der Waals surface area (Å²) in [5.41, 5.74) is 7.71. The second kappa shape index (κ2) is 6.39. The van der Waals surface area contributed by atoms with Crippen LogP contribution in [0.15, 0.2) is 42.7 Å². The maximum absolute atomic E-state index is 12.5. The van der Waals surface area contributed by atoms with Gasteiger partial charge in [0.15, 0.2) is 0 Å². The Balaban J connectivity index is 2.18. The fourth-order valence-corrected chi connectivity index (χ4v) is 2.06. The molecule has 0 radical (unpaired) electrons. The summed E-state index contributed by atoms with van der Waals surface area (Å²) < 4.78 is 0. The highest BCUT2D eigenvalue weighted by atomic mass is 35.5. The van der Waals surface area contributed by atoms with Crippen molar-refractivity contribution in [2.45, 2.75) is 13.5 Å². The molecule has 104 valence electrons. The third kappa shape index (κ3) is 3.27. The first-order valence-electron chi connectivity index (χ1n) is 6.35. The molecule has 2 N–H and O–H groups in total. The highest BCUT2D eigenvalue weighted by Gasteiger charge is 2.15. The summed E-state index contributed by atoms with van der Waals surface area (Å²) in [5, 5.41) is 0.399. The zero-order valence-electron chi connectivity index (χ0n) is 11.2. The molecule has 1 aromatic carbocycles. The van der Waals surface area contributed by atoms with Crippen LogP contribution in [0.5, 0.6) is 0 Å². The van der Waals surface area contributed by atoms with Crippen LogP contribution in [-0.2, 0) is 6.54 Å². The van der Waals surface area contributed by atoms with Gasteiger partial charge in [-0.05, 0) is 42.8 Å². The Morgan fingerprint density at radius 3 is 2.60 bits per heavy atom. The third-order valence-corrected chi connectivity index (χ3v) is 3.37. The minimum atomic E-state index is -0.0637. The van der Waals surface area contributed by atoms with Gasteiger partial charge in [0, 0.05) is 31.0 Å². The van der Waals surface area contributed by atoms with Gasteiger partial charge in [0.2, 0.25) is 0 Å². The van der Waals surface area contributed by atoms with Crippen molar-refractivity contribution in [1.29, 1.82) is 0 Å². The van der Waals surface area contributed by atoms with Gasteiger partial charge >= 0.3 is 0 Å². The molecule has 0 bridgehead atoms. The van der Waals surface area contributed by atoms with Crippen molar-refractivity contribution in [2.24, 2.45) is 0 Å². The summed E-state index contributed by atoms with van der Waals surface area (Å²) in [4.78, 5) is 18.2. The normalized spacial score (nSPS) is 10.3. The van der Waals surface area contributed by atoms with Gasteiger partial charge in [0.25, 0.3) is 5.91 Å². The molecule has 4 nitrogen and oxygen atoms in total. The molecular weight excluding hydrogens is 274 g/mol. The number of pyridine rings is 1. The smallest absolute Gasteiger partial charge is 0.254 e. The summed E-state index contributed by atoms with van der Waals surface area (Å²) in [6.45, 7) is 3.10. The number of hydrogen-bond acceptors (Lipinski definition) is 3. The van der Waals surface area contributed by atoms with Gasteiger partial charge < -0.3 is 10.6 Å².